The molecule has 1 aromatic heterocycles. The second-order valence-corrected chi connectivity index (χ2v) is 5.13. The highest BCUT2D eigenvalue weighted by Gasteiger charge is 2.15. The van der Waals surface area contributed by atoms with Crippen molar-refractivity contribution in [2.45, 2.75) is 0 Å². The summed E-state index contributed by atoms with van der Waals surface area (Å²) in [6.45, 7) is 0. The van der Waals surface area contributed by atoms with Gasteiger partial charge in [0.15, 0.2) is 5.82 Å². The van der Waals surface area contributed by atoms with Crippen LogP contribution in [-0.2, 0) is 0 Å². The van der Waals surface area contributed by atoms with Crippen LogP contribution < -0.4 is 5.73 Å². The molecule has 2 aromatic carbocycles. The molecule has 5 nitrogen and oxygen atoms in total. The van der Waals surface area contributed by atoms with E-state index in [0.29, 0.717) is 27.1 Å². The number of benzene rings is 2. The van der Waals surface area contributed by atoms with E-state index in [9.17, 15) is 4.39 Å². The summed E-state index contributed by atoms with van der Waals surface area (Å²) in [6, 6.07) is 8.97. The fourth-order valence-corrected chi connectivity index (χ4v) is 2.28. The molecule has 0 bridgehead atoms. The predicted molar refractivity (Wildman–Crippen MR) is 79.0 cm³/mol. The zero-order chi connectivity index (χ0) is 15.0. The van der Waals surface area contributed by atoms with E-state index in [1.165, 1.54) is 16.8 Å². The van der Waals surface area contributed by atoms with Crippen molar-refractivity contribution >= 4 is 28.9 Å². The number of tetrazole rings is 1. The van der Waals surface area contributed by atoms with Gasteiger partial charge in [0.2, 0.25) is 0 Å². The van der Waals surface area contributed by atoms with Crippen LogP contribution in [0.2, 0.25) is 10.0 Å². The molecule has 3 rings (SSSR count). The number of anilines is 1. The third-order valence-electron chi connectivity index (χ3n) is 2.78. The Kier molecular flexibility index (Phi) is 3.48. The number of hydrogen-bond acceptors (Lipinski definition) is 4. The summed E-state index contributed by atoms with van der Waals surface area (Å²) in [5.41, 5.74) is 6.85. The summed E-state index contributed by atoms with van der Waals surface area (Å²) >= 11 is 12.1. The van der Waals surface area contributed by atoms with Gasteiger partial charge in [0, 0.05) is 16.3 Å². The number of nitrogens with two attached hydrogens (primary N) is 1. The lowest BCUT2D eigenvalue weighted by atomic mass is 10.2. The van der Waals surface area contributed by atoms with E-state index in [0.717, 1.165) is 0 Å². The molecule has 2 N–H and O–H groups in total. The van der Waals surface area contributed by atoms with Gasteiger partial charge in [-0.1, -0.05) is 23.2 Å². The highest BCUT2D eigenvalue weighted by Crippen LogP contribution is 2.28. The van der Waals surface area contributed by atoms with E-state index in [-0.39, 0.29) is 5.69 Å². The Morgan fingerprint density at radius 3 is 2.67 bits per heavy atom. The lowest BCUT2D eigenvalue weighted by Gasteiger charge is -2.07. The van der Waals surface area contributed by atoms with Crippen molar-refractivity contribution in [3.63, 3.8) is 0 Å². The van der Waals surface area contributed by atoms with E-state index >= 15 is 0 Å². The van der Waals surface area contributed by atoms with Crippen LogP contribution in [-0.4, -0.2) is 20.2 Å². The van der Waals surface area contributed by atoms with Gasteiger partial charge in [-0.3, -0.25) is 0 Å². The maximum absolute atomic E-state index is 13.5. The quantitative estimate of drug-likeness (QED) is 0.734. The molecule has 0 aliphatic carbocycles. The standard InChI is InChI=1S/C13H8Cl2FN5/c14-8-1-2-11(15)12(5-8)21-13(18-19-20-21)7-3-9(16)6-10(17)4-7/h1-6H,17H2. The van der Waals surface area contributed by atoms with Crippen LogP contribution in [0.15, 0.2) is 36.4 Å². The lowest BCUT2D eigenvalue weighted by molar-refractivity contribution is 0.628. The molecule has 0 fully saturated rings. The van der Waals surface area contributed by atoms with E-state index < -0.39 is 5.82 Å². The number of rotatable bonds is 2. The van der Waals surface area contributed by atoms with Gasteiger partial charge in [-0.15, -0.1) is 5.10 Å². The number of hydrogen-bond donors (Lipinski definition) is 1. The molecule has 0 aliphatic heterocycles. The number of nitrogen functional groups attached to an aromatic ring is 1. The Morgan fingerprint density at radius 2 is 1.90 bits per heavy atom. The monoisotopic (exact) mass is 323 g/mol. The van der Waals surface area contributed by atoms with Gasteiger partial charge in [0.05, 0.1) is 10.7 Å². The summed E-state index contributed by atoms with van der Waals surface area (Å²) in [4.78, 5) is 0. The topological polar surface area (TPSA) is 69.6 Å². The third kappa shape index (κ3) is 2.68. The lowest BCUT2D eigenvalue weighted by Crippen LogP contribution is -2.01. The van der Waals surface area contributed by atoms with Crippen LogP contribution in [0, 0.1) is 5.82 Å². The average Bonchev–Trinajstić information content (AvgIpc) is 2.89. The van der Waals surface area contributed by atoms with Crippen molar-refractivity contribution in [1.82, 2.24) is 20.2 Å². The minimum absolute atomic E-state index is 0.275. The van der Waals surface area contributed by atoms with Crippen molar-refractivity contribution in [2.75, 3.05) is 5.73 Å². The van der Waals surface area contributed by atoms with Crippen molar-refractivity contribution < 1.29 is 4.39 Å². The largest absolute Gasteiger partial charge is 0.399 e. The van der Waals surface area contributed by atoms with Gasteiger partial charge in [-0.2, -0.15) is 4.68 Å². The molecule has 8 heteroatoms. The fourth-order valence-electron chi connectivity index (χ4n) is 1.92. The number of halogens is 3. The number of nitrogens with zero attached hydrogens (tertiary/aromatic N) is 4. The molecular formula is C13H8Cl2FN5. The molecule has 0 atom stereocenters. The maximum atomic E-state index is 13.5. The molecule has 21 heavy (non-hydrogen) atoms. The second kappa shape index (κ2) is 5.31. The Bertz CT molecular complexity index is 798. The van der Waals surface area contributed by atoms with Crippen LogP contribution in [0.25, 0.3) is 17.1 Å². The molecule has 0 aliphatic rings. The van der Waals surface area contributed by atoms with Crippen LogP contribution in [0.4, 0.5) is 10.1 Å². The molecule has 0 saturated carbocycles. The van der Waals surface area contributed by atoms with E-state index in [4.69, 9.17) is 28.9 Å². The van der Waals surface area contributed by atoms with Gasteiger partial charge < -0.3 is 5.73 Å². The van der Waals surface area contributed by atoms with E-state index in [2.05, 4.69) is 15.5 Å². The van der Waals surface area contributed by atoms with Crippen LogP contribution in [0.1, 0.15) is 0 Å². The Morgan fingerprint density at radius 1 is 1.10 bits per heavy atom. The first-order chi connectivity index (χ1) is 10.0. The SMILES string of the molecule is Nc1cc(F)cc(-c2nnnn2-c2cc(Cl)ccc2Cl)c1. The van der Waals surface area contributed by atoms with Gasteiger partial charge in [-0.25, -0.2) is 4.39 Å². The van der Waals surface area contributed by atoms with E-state index in [1.54, 1.807) is 24.3 Å². The zero-order valence-corrected chi connectivity index (χ0v) is 12.0. The van der Waals surface area contributed by atoms with Gasteiger partial charge >= 0.3 is 0 Å². The summed E-state index contributed by atoms with van der Waals surface area (Å²) in [6.07, 6.45) is 0. The minimum Gasteiger partial charge on any atom is -0.399 e. The molecule has 0 unspecified atom stereocenters. The minimum atomic E-state index is -0.475. The molecule has 0 spiro atoms. The molecular weight excluding hydrogens is 316 g/mol. The van der Waals surface area contributed by atoms with Crippen molar-refractivity contribution in [3.05, 3.63) is 52.3 Å². The highest BCUT2D eigenvalue weighted by atomic mass is 35.5. The summed E-state index contributed by atoms with van der Waals surface area (Å²) < 4.78 is 14.9. The first-order valence-corrected chi connectivity index (χ1v) is 6.60. The van der Waals surface area contributed by atoms with Crippen LogP contribution >= 0.6 is 23.2 Å². The fraction of sp³-hybridized carbons (Fsp3) is 0. The summed E-state index contributed by atoms with van der Waals surface area (Å²) in [5.74, 6) is -0.165. The maximum Gasteiger partial charge on any atom is 0.187 e. The number of aromatic nitrogens is 4. The molecule has 0 amide bonds. The van der Waals surface area contributed by atoms with Gasteiger partial charge in [0.25, 0.3) is 0 Å². The van der Waals surface area contributed by atoms with Crippen LogP contribution in [0.5, 0.6) is 0 Å². The first kappa shape index (κ1) is 13.8. The predicted octanol–water partition coefficient (Wildman–Crippen LogP) is 3.36. The second-order valence-electron chi connectivity index (χ2n) is 4.28. The zero-order valence-electron chi connectivity index (χ0n) is 10.5. The first-order valence-electron chi connectivity index (χ1n) is 5.85. The van der Waals surface area contributed by atoms with Crippen molar-refractivity contribution in [3.8, 4) is 17.1 Å². The van der Waals surface area contributed by atoms with Crippen molar-refractivity contribution in [1.29, 1.82) is 0 Å². The van der Waals surface area contributed by atoms with Gasteiger partial charge in [-0.05, 0) is 46.8 Å². The normalized spacial score (nSPS) is 10.8. The highest BCUT2D eigenvalue weighted by molar-refractivity contribution is 6.34. The Labute approximate surface area is 129 Å². The van der Waals surface area contributed by atoms with Crippen molar-refractivity contribution in [2.24, 2.45) is 0 Å². The average molecular weight is 324 g/mol. The molecule has 0 radical (unpaired) electrons. The molecule has 1 heterocycles. The summed E-state index contributed by atoms with van der Waals surface area (Å²) in [5, 5.41) is 12.3. The third-order valence-corrected chi connectivity index (χ3v) is 3.34. The molecule has 106 valence electrons. The van der Waals surface area contributed by atoms with Crippen LogP contribution in [0.3, 0.4) is 0 Å². The molecule has 3 aromatic rings. The van der Waals surface area contributed by atoms with Gasteiger partial charge in [0.1, 0.15) is 5.82 Å². The van der Waals surface area contributed by atoms with E-state index in [1.807, 2.05) is 0 Å². The Balaban J connectivity index is 2.19. The Hall–Kier alpha value is -2.18. The molecule has 0 saturated heterocycles. The summed E-state index contributed by atoms with van der Waals surface area (Å²) in [7, 11) is 0. The smallest absolute Gasteiger partial charge is 0.187 e.